The van der Waals surface area contributed by atoms with Crippen molar-refractivity contribution in [1.29, 1.82) is 0 Å². The van der Waals surface area contributed by atoms with Crippen LogP contribution in [0.1, 0.15) is 23.8 Å². The van der Waals surface area contributed by atoms with Crippen LogP contribution in [0.4, 0.5) is 0 Å². The Morgan fingerprint density at radius 2 is 2.32 bits per heavy atom. The van der Waals surface area contributed by atoms with E-state index < -0.39 is 0 Å². The van der Waals surface area contributed by atoms with E-state index in [4.69, 9.17) is 12.2 Å². The topological polar surface area (TPSA) is 55.1 Å². The molecule has 0 bridgehead atoms. The minimum Gasteiger partial charge on any atom is -0.277 e. The number of aryl methyl sites for hydroxylation is 3. The van der Waals surface area contributed by atoms with Gasteiger partial charge in [-0.3, -0.25) is 14.5 Å². The molecule has 98 valence electrons. The standard InChI is InChI=1S/C12H12N4OS2/c1-2-15-9(17)8-6-4-3-5-7(6)19-10(8)16-12(15)13-11(18)14-16/h2-5H2,1H3,(H,14,18). The highest BCUT2D eigenvalue weighted by atomic mass is 32.1. The van der Waals surface area contributed by atoms with Crippen molar-refractivity contribution in [2.24, 2.45) is 0 Å². The Bertz CT molecular complexity index is 927. The molecule has 0 unspecified atom stereocenters. The van der Waals surface area contributed by atoms with E-state index in [1.54, 1.807) is 15.9 Å². The van der Waals surface area contributed by atoms with E-state index in [0.29, 0.717) is 17.1 Å². The molecule has 0 spiro atoms. The van der Waals surface area contributed by atoms with Crippen molar-refractivity contribution >= 4 is 39.5 Å². The van der Waals surface area contributed by atoms with Crippen molar-refractivity contribution in [1.82, 2.24) is 19.2 Å². The average Bonchev–Trinajstić information content (AvgIpc) is 3.01. The largest absolute Gasteiger partial charge is 0.277 e. The Hall–Kier alpha value is -1.47. The fraction of sp³-hybridized carbons (Fsp3) is 0.417. The van der Waals surface area contributed by atoms with Crippen LogP contribution in [0.15, 0.2) is 4.79 Å². The molecule has 7 heteroatoms. The van der Waals surface area contributed by atoms with Crippen LogP contribution in [0, 0.1) is 4.77 Å². The maximum atomic E-state index is 12.7. The summed E-state index contributed by atoms with van der Waals surface area (Å²) < 4.78 is 3.98. The number of hydrogen-bond acceptors (Lipinski definition) is 4. The predicted octanol–water partition coefficient (Wildman–Crippen LogP) is 2.28. The number of thiophene rings is 1. The minimum absolute atomic E-state index is 0.0680. The highest BCUT2D eigenvalue weighted by Crippen LogP contribution is 2.35. The van der Waals surface area contributed by atoms with Gasteiger partial charge >= 0.3 is 0 Å². The second kappa shape index (κ2) is 3.77. The maximum Gasteiger partial charge on any atom is 0.264 e. The smallest absolute Gasteiger partial charge is 0.264 e. The minimum atomic E-state index is 0.0680. The zero-order valence-electron chi connectivity index (χ0n) is 10.4. The molecule has 1 aliphatic carbocycles. The maximum absolute atomic E-state index is 12.7. The van der Waals surface area contributed by atoms with Gasteiger partial charge in [0.1, 0.15) is 4.83 Å². The van der Waals surface area contributed by atoms with E-state index >= 15 is 0 Å². The molecule has 0 atom stereocenters. The molecule has 3 aromatic rings. The Morgan fingerprint density at radius 3 is 3.11 bits per heavy atom. The van der Waals surface area contributed by atoms with Crippen LogP contribution in [0.5, 0.6) is 0 Å². The van der Waals surface area contributed by atoms with E-state index in [1.807, 2.05) is 11.4 Å². The van der Waals surface area contributed by atoms with Gasteiger partial charge in [-0.25, -0.2) is 4.52 Å². The number of aromatic nitrogens is 4. The fourth-order valence-corrected chi connectivity index (χ4v) is 4.42. The van der Waals surface area contributed by atoms with Crippen LogP contribution in [-0.4, -0.2) is 19.2 Å². The lowest BCUT2D eigenvalue weighted by Gasteiger charge is -2.05. The lowest BCUT2D eigenvalue weighted by molar-refractivity contribution is 0.730. The number of H-pyrrole nitrogens is 1. The summed E-state index contributed by atoms with van der Waals surface area (Å²) in [7, 11) is 0. The normalized spacial score (nSPS) is 14.6. The number of aromatic amines is 1. The zero-order valence-corrected chi connectivity index (χ0v) is 12.0. The molecule has 0 aromatic carbocycles. The molecule has 0 amide bonds. The molecular formula is C12H12N4OS2. The van der Waals surface area contributed by atoms with Gasteiger partial charge in [0.05, 0.1) is 5.39 Å². The van der Waals surface area contributed by atoms with Gasteiger partial charge < -0.3 is 0 Å². The first kappa shape index (κ1) is 11.4. The average molecular weight is 292 g/mol. The summed E-state index contributed by atoms with van der Waals surface area (Å²) >= 11 is 6.81. The number of rotatable bonds is 1. The Labute approximate surface area is 117 Å². The first-order chi connectivity index (χ1) is 9.20. The third kappa shape index (κ3) is 1.37. The van der Waals surface area contributed by atoms with Crippen molar-refractivity contribution in [3.8, 4) is 0 Å². The van der Waals surface area contributed by atoms with Gasteiger partial charge in [-0.15, -0.1) is 11.3 Å². The molecule has 1 N–H and O–H groups in total. The van der Waals surface area contributed by atoms with Crippen LogP contribution >= 0.6 is 23.6 Å². The van der Waals surface area contributed by atoms with Gasteiger partial charge in [-0.05, 0) is 44.0 Å². The van der Waals surface area contributed by atoms with E-state index in [0.717, 1.165) is 29.5 Å². The molecule has 0 fully saturated rings. The summed E-state index contributed by atoms with van der Waals surface area (Å²) in [6.45, 7) is 2.56. The highest BCUT2D eigenvalue weighted by molar-refractivity contribution is 7.71. The molecule has 0 aliphatic heterocycles. The van der Waals surface area contributed by atoms with Gasteiger partial charge in [-0.2, -0.15) is 4.98 Å². The number of fused-ring (bicyclic) bond motifs is 5. The Morgan fingerprint density at radius 1 is 1.47 bits per heavy atom. The molecule has 19 heavy (non-hydrogen) atoms. The molecule has 1 aliphatic rings. The third-order valence-corrected chi connectivity index (χ3v) is 5.19. The fourth-order valence-electron chi connectivity index (χ4n) is 2.91. The van der Waals surface area contributed by atoms with E-state index in [9.17, 15) is 4.79 Å². The van der Waals surface area contributed by atoms with Gasteiger partial charge in [0.2, 0.25) is 10.5 Å². The van der Waals surface area contributed by atoms with Crippen molar-refractivity contribution in [2.45, 2.75) is 32.7 Å². The lowest BCUT2D eigenvalue weighted by atomic mass is 10.2. The van der Waals surface area contributed by atoms with Crippen LogP contribution in [0.2, 0.25) is 0 Å². The summed E-state index contributed by atoms with van der Waals surface area (Å²) in [4.78, 5) is 19.2. The number of nitrogens with one attached hydrogen (secondary N) is 1. The lowest BCUT2D eigenvalue weighted by Crippen LogP contribution is -2.22. The molecule has 4 rings (SSSR count). The Kier molecular flexibility index (Phi) is 2.25. The van der Waals surface area contributed by atoms with Gasteiger partial charge in [-0.1, -0.05) is 0 Å². The second-order valence-corrected chi connectivity index (χ2v) is 6.22. The van der Waals surface area contributed by atoms with Crippen LogP contribution in [0.25, 0.3) is 16.0 Å². The molecule has 5 nitrogen and oxygen atoms in total. The van der Waals surface area contributed by atoms with Crippen molar-refractivity contribution in [2.75, 3.05) is 0 Å². The van der Waals surface area contributed by atoms with Crippen LogP contribution in [-0.2, 0) is 19.4 Å². The summed E-state index contributed by atoms with van der Waals surface area (Å²) in [6, 6.07) is 0. The number of nitrogens with zero attached hydrogens (tertiary/aromatic N) is 3. The van der Waals surface area contributed by atoms with Crippen molar-refractivity contribution in [3.05, 3.63) is 25.6 Å². The predicted molar refractivity (Wildman–Crippen MR) is 77.7 cm³/mol. The molecular weight excluding hydrogens is 280 g/mol. The first-order valence-electron chi connectivity index (χ1n) is 6.36. The zero-order chi connectivity index (χ0) is 13.1. The molecule has 0 saturated heterocycles. The monoisotopic (exact) mass is 292 g/mol. The highest BCUT2D eigenvalue weighted by Gasteiger charge is 2.23. The molecule has 3 heterocycles. The summed E-state index contributed by atoms with van der Waals surface area (Å²) in [5.41, 5.74) is 1.31. The van der Waals surface area contributed by atoms with E-state index in [2.05, 4.69) is 10.1 Å². The van der Waals surface area contributed by atoms with E-state index in [1.165, 1.54) is 10.4 Å². The Balaban J connectivity index is 2.34. The first-order valence-corrected chi connectivity index (χ1v) is 7.59. The van der Waals surface area contributed by atoms with Crippen LogP contribution in [0.3, 0.4) is 0 Å². The van der Waals surface area contributed by atoms with Gasteiger partial charge in [0.15, 0.2) is 0 Å². The van der Waals surface area contributed by atoms with Gasteiger partial charge in [0.25, 0.3) is 5.56 Å². The SMILES string of the molecule is CCn1c(=O)c2c3c(sc2n2[nH]c(=S)nc12)CCC3. The summed E-state index contributed by atoms with van der Waals surface area (Å²) in [5.74, 6) is 0.616. The molecule has 0 saturated carbocycles. The van der Waals surface area contributed by atoms with Crippen LogP contribution < -0.4 is 5.56 Å². The number of hydrogen-bond donors (Lipinski definition) is 1. The quantitative estimate of drug-likeness (QED) is 0.700. The molecule has 0 radical (unpaired) electrons. The van der Waals surface area contributed by atoms with Crippen molar-refractivity contribution < 1.29 is 0 Å². The summed E-state index contributed by atoms with van der Waals surface area (Å²) in [6.07, 6.45) is 3.24. The van der Waals surface area contributed by atoms with E-state index in [-0.39, 0.29) is 5.56 Å². The van der Waals surface area contributed by atoms with Gasteiger partial charge in [0, 0.05) is 11.4 Å². The molecule has 3 aromatic heterocycles. The van der Waals surface area contributed by atoms with Crippen molar-refractivity contribution in [3.63, 3.8) is 0 Å². The summed E-state index contributed by atoms with van der Waals surface area (Å²) in [5, 5.41) is 3.92. The third-order valence-electron chi connectivity index (χ3n) is 3.73. The second-order valence-electron chi connectivity index (χ2n) is 4.75.